The first kappa shape index (κ1) is 17.2. The SMILES string of the molecule is C=CCNC(=O)[C@@H](C)OC(=O)CCOc1cccc(Br)c1. The lowest BCUT2D eigenvalue weighted by Gasteiger charge is -2.13. The third kappa shape index (κ3) is 6.94. The lowest BCUT2D eigenvalue weighted by Crippen LogP contribution is -2.36. The van der Waals surface area contributed by atoms with Crippen molar-refractivity contribution >= 4 is 27.8 Å². The number of ether oxygens (including phenoxy) is 2. The van der Waals surface area contributed by atoms with Gasteiger partial charge in [-0.25, -0.2) is 0 Å². The maximum absolute atomic E-state index is 11.6. The summed E-state index contributed by atoms with van der Waals surface area (Å²) in [6, 6.07) is 7.31. The molecular formula is C15H18BrNO4. The Morgan fingerprint density at radius 2 is 2.24 bits per heavy atom. The number of rotatable bonds is 8. The average Bonchev–Trinajstić information content (AvgIpc) is 2.44. The Hall–Kier alpha value is -1.82. The fourth-order valence-corrected chi connectivity index (χ4v) is 1.81. The predicted octanol–water partition coefficient (Wildman–Crippen LogP) is 2.45. The van der Waals surface area contributed by atoms with Gasteiger partial charge in [0.05, 0.1) is 13.0 Å². The van der Waals surface area contributed by atoms with Crippen molar-refractivity contribution in [1.29, 1.82) is 0 Å². The third-order valence-electron chi connectivity index (χ3n) is 2.47. The smallest absolute Gasteiger partial charge is 0.310 e. The summed E-state index contributed by atoms with van der Waals surface area (Å²) in [5, 5.41) is 2.55. The number of nitrogens with one attached hydrogen (secondary N) is 1. The van der Waals surface area contributed by atoms with Crippen molar-refractivity contribution in [2.24, 2.45) is 0 Å². The van der Waals surface area contributed by atoms with Crippen LogP contribution in [0.15, 0.2) is 41.4 Å². The average molecular weight is 356 g/mol. The van der Waals surface area contributed by atoms with Gasteiger partial charge in [0.25, 0.3) is 5.91 Å². The van der Waals surface area contributed by atoms with E-state index in [9.17, 15) is 9.59 Å². The number of amides is 1. The molecule has 1 amide bonds. The predicted molar refractivity (Wildman–Crippen MR) is 83.0 cm³/mol. The van der Waals surface area contributed by atoms with Crippen LogP contribution in [0.4, 0.5) is 0 Å². The van der Waals surface area contributed by atoms with E-state index in [0.717, 1.165) is 4.47 Å². The van der Waals surface area contributed by atoms with E-state index in [1.807, 2.05) is 12.1 Å². The summed E-state index contributed by atoms with van der Waals surface area (Å²) in [6.45, 7) is 5.54. The van der Waals surface area contributed by atoms with E-state index < -0.39 is 12.1 Å². The van der Waals surface area contributed by atoms with E-state index >= 15 is 0 Å². The molecule has 1 aromatic carbocycles. The van der Waals surface area contributed by atoms with Gasteiger partial charge in [-0.2, -0.15) is 0 Å². The number of esters is 1. The summed E-state index contributed by atoms with van der Waals surface area (Å²) >= 11 is 3.33. The van der Waals surface area contributed by atoms with Gasteiger partial charge in [0.1, 0.15) is 5.75 Å². The van der Waals surface area contributed by atoms with Gasteiger partial charge in [-0.1, -0.05) is 28.1 Å². The number of benzene rings is 1. The minimum atomic E-state index is -0.830. The van der Waals surface area contributed by atoms with Crippen LogP contribution < -0.4 is 10.1 Å². The lowest BCUT2D eigenvalue weighted by molar-refractivity contribution is -0.155. The van der Waals surface area contributed by atoms with Crippen LogP contribution in [-0.4, -0.2) is 31.1 Å². The summed E-state index contributed by atoms with van der Waals surface area (Å²) in [5.74, 6) is -0.170. The zero-order valence-corrected chi connectivity index (χ0v) is 13.4. The number of carbonyl (C=O) groups excluding carboxylic acids is 2. The molecule has 6 heteroatoms. The van der Waals surface area contributed by atoms with Gasteiger partial charge < -0.3 is 14.8 Å². The molecule has 1 N–H and O–H groups in total. The Morgan fingerprint density at radius 3 is 2.90 bits per heavy atom. The fraction of sp³-hybridized carbons (Fsp3) is 0.333. The van der Waals surface area contributed by atoms with E-state index in [2.05, 4.69) is 27.8 Å². The highest BCUT2D eigenvalue weighted by Gasteiger charge is 2.16. The van der Waals surface area contributed by atoms with E-state index in [0.29, 0.717) is 12.3 Å². The molecule has 1 rings (SSSR count). The van der Waals surface area contributed by atoms with Gasteiger partial charge in [-0.05, 0) is 25.1 Å². The van der Waals surface area contributed by atoms with Crippen LogP contribution in [0.2, 0.25) is 0 Å². The minimum absolute atomic E-state index is 0.0750. The highest BCUT2D eigenvalue weighted by atomic mass is 79.9. The van der Waals surface area contributed by atoms with Crippen molar-refractivity contribution in [3.05, 3.63) is 41.4 Å². The second-order valence-corrected chi connectivity index (χ2v) is 5.14. The van der Waals surface area contributed by atoms with Crippen LogP contribution in [-0.2, 0) is 14.3 Å². The number of hydrogen-bond donors (Lipinski definition) is 1. The molecule has 0 saturated heterocycles. The summed E-state index contributed by atoms with van der Waals surface area (Å²) in [6.07, 6.45) is 0.799. The molecule has 5 nitrogen and oxygen atoms in total. The van der Waals surface area contributed by atoms with Crippen molar-refractivity contribution in [2.45, 2.75) is 19.4 Å². The van der Waals surface area contributed by atoms with Gasteiger partial charge in [-0.3, -0.25) is 9.59 Å². The highest BCUT2D eigenvalue weighted by Crippen LogP contribution is 2.17. The van der Waals surface area contributed by atoms with Gasteiger partial charge in [0, 0.05) is 11.0 Å². The number of halogens is 1. The summed E-state index contributed by atoms with van der Waals surface area (Å²) in [7, 11) is 0. The molecule has 0 unspecified atom stereocenters. The van der Waals surface area contributed by atoms with Gasteiger partial charge in [0.2, 0.25) is 0 Å². The van der Waals surface area contributed by atoms with Gasteiger partial charge in [0.15, 0.2) is 6.10 Å². The standard InChI is InChI=1S/C15H18BrNO4/c1-3-8-17-15(19)11(2)21-14(18)7-9-20-13-6-4-5-12(16)10-13/h3-6,10-11H,1,7-9H2,2H3,(H,17,19)/t11-/m1/s1. The molecule has 0 fully saturated rings. The van der Waals surface area contributed by atoms with Crippen molar-refractivity contribution < 1.29 is 19.1 Å². The van der Waals surface area contributed by atoms with Crippen LogP contribution >= 0.6 is 15.9 Å². The van der Waals surface area contributed by atoms with E-state index in [-0.39, 0.29) is 18.9 Å². The molecule has 21 heavy (non-hydrogen) atoms. The van der Waals surface area contributed by atoms with Crippen molar-refractivity contribution in [2.75, 3.05) is 13.2 Å². The highest BCUT2D eigenvalue weighted by molar-refractivity contribution is 9.10. The minimum Gasteiger partial charge on any atom is -0.493 e. The maximum Gasteiger partial charge on any atom is 0.310 e. The lowest BCUT2D eigenvalue weighted by atomic mass is 10.3. The Morgan fingerprint density at radius 1 is 1.48 bits per heavy atom. The van der Waals surface area contributed by atoms with Crippen molar-refractivity contribution in [3.63, 3.8) is 0 Å². The zero-order valence-electron chi connectivity index (χ0n) is 11.8. The van der Waals surface area contributed by atoms with Gasteiger partial charge >= 0.3 is 5.97 Å². The second kappa shape index (κ2) is 9.18. The Labute approximate surface area is 132 Å². The monoisotopic (exact) mass is 355 g/mol. The number of hydrogen-bond acceptors (Lipinski definition) is 4. The largest absolute Gasteiger partial charge is 0.493 e. The molecule has 1 aromatic rings. The second-order valence-electron chi connectivity index (χ2n) is 4.22. The topological polar surface area (TPSA) is 64.6 Å². The molecule has 0 aromatic heterocycles. The van der Waals surface area contributed by atoms with Crippen LogP contribution in [0.1, 0.15) is 13.3 Å². The zero-order chi connectivity index (χ0) is 15.7. The normalized spacial score (nSPS) is 11.3. The molecular weight excluding hydrogens is 338 g/mol. The first-order valence-corrected chi connectivity index (χ1v) is 7.28. The first-order valence-electron chi connectivity index (χ1n) is 6.49. The number of carbonyl (C=O) groups is 2. The molecule has 1 atom stereocenters. The van der Waals surface area contributed by atoms with Gasteiger partial charge in [-0.15, -0.1) is 6.58 Å². The van der Waals surface area contributed by atoms with E-state index in [1.54, 1.807) is 18.2 Å². The maximum atomic E-state index is 11.6. The first-order chi connectivity index (χ1) is 10.0. The molecule has 0 radical (unpaired) electrons. The summed E-state index contributed by atoms with van der Waals surface area (Å²) in [5.41, 5.74) is 0. The molecule has 0 spiro atoms. The van der Waals surface area contributed by atoms with Crippen LogP contribution in [0.5, 0.6) is 5.75 Å². The molecule has 0 saturated carbocycles. The summed E-state index contributed by atoms with van der Waals surface area (Å²) in [4.78, 5) is 23.1. The Kier molecular flexibility index (Phi) is 7.53. The van der Waals surface area contributed by atoms with Crippen LogP contribution in [0, 0.1) is 0 Å². The molecule has 114 valence electrons. The van der Waals surface area contributed by atoms with E-state index in [1.165, 1.54) is 6.92 Å². The van der Waals surface area contributed by atoms with Crippen LogP contribution in [0.3, 0.4) is 0 Å². The molecule has 0 aliphatic rings. The Bertz CT molecular complexity index is 504. The third-order valence-corrected chi connectivity index (χ3v) is 2.96. The Balaban J connectivity index is 2.27. The van der Waals surface area contributed by atoms with Crippen LogP contribution in [0.25, 0.3) is 0 Å². The summed E-state index contributed by atoms with van der Waals surface area (Å²) < 4.78 is 11.3. The van der Waals surface area contributed by atoms with Crippen molar-refractivity contribution in [1.82, 2.24) is 5.32 Å². The molecule has 0 bridgehead atoms. The molecule has 0 aliphatic heterocycles. The molecule has 0 aliphatic carbocycles. The van der Waals surface area contributed by atoms with Crippen molar-refractivity contribution in [3.8, 4) is 5.75 Å². The quantitative estimate of drug-likeness (QED) is 0.574. The van der Waals surface area contributed by atoms with E-state index in [4.69, 9.17) is 9.47 Å². The fourth-order valence-electron chi connectivity index (χ4n) is 1.44. The molecule has 0 heterocycles.